The fraction of sp³-hybridized carbons (Fsp3) is 0.641. The van der Waals surface area contributed by atoms with Crippen LogP contribution in [0.3, 0.4) is 0 Å². The quantitative estimate of drug-likeness (QED) is 0.182. The number of para-hydroxylation sites is 1. The first-order valence-electron chi connectivity index (χ1n) is 18.2. The van der Waals surface area contributed by atoms with Gasteiger partial charge in [-0.15, -0.1) is 0 Å². The van der Waals surface area contributed by atoms with Crippen molar-refractivity contribution in [3.8, 4) is 5.75 Å². The number of aliphatic hydroxyl groups excluding tert-OH is 1. The largest absolute Gasteiger partial charge is 0.496 e. The standard InChI is InChI=1S/C39H60N6O5/c1-23(17-29(43(6)7)13-14-34(47)41-28-15-16-44(8)22-28)30-12-10-11-26(37(30)49-9)21-45-36(35(25(3)46)33(20-40)50-45)38(48)42-32-19-27-18-31(24(32)2)39(27,4)5/h10-14,17,24-25,27-28,31-33,35-36,46H,1,15-16,18-22,40H2,2-9H3,(H,41,47)(H,42,48)/t24-,25-,27+,28+,31-,32-,33-,35+,36-/m0/s1. The summed E-state index contributed by atoms with van der Waals surface area (Å²) in [5, 5.41) is 19.1. The number of ether oxygens (including phenoxy) is 1. The number of hydrogen-bond donors (Lipinski definition) is 4. The number of likely N-dealkylation sites (tertiary alicyclic amines) is 1. The minimum absolute atomic E-state index is 0.0797. The minimum Gasteiger partial charge on any atom is -0.496 e. The Balaban J connectivity index is 1.35. The lowest BCUT2D eigenvalue weighted by Gasteiger charge is -2.62. The Morgan fingerprint density at radius 3 is 2.56 bits per heavy atom. The predicted molar refractivity (Wildman–Crippen MR) is 197 cm³/mol. The predicted octanol–water partition coefficient (Wildman–Crippen LogP) is 3.16. The minimum atomic E-state index is -0.808. The van der Waals surface area contributed by atoms with Gasteiger partial charge < -0.3 is 36.0 Å². The number of benzene rings is 1. The van der Waals surface area contributed by atoms with Crippen molar-refractivity contribution in [2.75, 3.05) is 47.9 Å². The van der Waals surface area contributed by atoms with Crippen LogP contribution < -0.4 is 21.1 Å². The number of fused-ring (bicyclic) bond motifs is 2. The summed E-state index contributed by atoms with van der Waals surface area (Å²) in [5.74, 6) is 1.39. The average Bonchev–Trinajstić information content (AvgIpc) is 3.65. The molecule has 50 heavy (non-hydrogen) atoms. The highest BCUT2D eigenvalue weighted by atomic mass is 16.7. The van der Waals surface area contributed by atoms with E-state index >= 15 is 0 Å². The van der Waals surface area contributed by atoms with E-state index in [1.807, 2.05) is 43.3 Å². The van der Waals surface area contributed by atoms with Crippen LogP contribution >= 0.6 is 0 Å². The third-order valence-electron chi connectivity index (χ3n) is 12.1. The van der Waals surface area contributed by atoms with Gasteiger partial charge in [0.1, 0.15) is 11.8 Å². The summed E-state index contributed by atoms with van der Waals surface area (Å²) in [6, 6.07) is 5.31. The summed E-state index contributed by atoms with van der Waals surface area (Å²) in [4.78, 5) is 37.3. The van der Waals surface area contributed by atoms with Crippen LogP contribution in [0.5, 0.6) is 5.75 Å². The van der Waals surface area contributed by atoms with Crippen molar-refractivity contribution in [2.45, 2.75) is 83.8 Å². The molecule has 2 bridgehead atoms. The number of hydroxylamine groups is 2. The van der Waals surface area contributed by atoms with E-state index in [2.05, 4.69) is 49.9 Å². The molecule has 9 atom stereocenters. The van der Waals surface area contributed by atoms with E-state index in [0.717, 1.165) is 42.8 Å². The Labute approximate surface area is 298 Å². The molecule has 6 rings (SSSR count). The number of nitrogens with two attached hydrogens (primary N) is 1. The van der Waals surface area contributed by atoms with Gasteiger partial charge in [-0.05, 0) is 80.7 Å². The van der Waals surface area contributed by atoms with E-state index in [1.165, 1.54) is 6.42 Å². The number of likely N-dealkylation sites (N-methyl/N-ethyl adjacent to an activating group) is 2. The Kier molecular flexibility index (Phi) is 11.8. The molecule has 5 N–H and O–H groups in total. The monoisotopic (exact) mass is 692 g/mol. The maximum absolute atomic E-state index is 14.2. The molecule has 2 aliphatic heterocycles. The lowest BCUT2D eigenvalue weighted by molar-refractivity contribution is -0.175. The first kappa shape index (κ1) is 38.0. The molecule has 0 radical (unpaired) electrons. The van der Waals surface area contributed by atoms with Crippen LogP contribution in [0.25, 0.3) is 5.57 Å². The summed E-state index contributed by atoms with van der Waals surface area (Å²) in [6.45, 7) is 15.2. The number of allylic oxidation sites excluding steroid dienone is 3. The SMILES string of the molecule is C=C(C=C(C=CC(=O)N[C@@H]1CCN(C)C1)N(C)C)c1cccc(CN2O[C@@H](CN)[C@@H]([C@H](C)O)[C@H]2C(=O)N[C@H]2C[C@H]3C[C@@H]([C@@H]2C)C3(C)C)c1OC. The maximum Gasteiger partial charge on any atom is 0.244 e. The van der Waals surface area contributed by atoms with Gasteiger partial charge in [0.15, 0.2) is 0 Å². The molecule has 3 aliphatic carbocycles. The van der Waals surface area contributed by atoms with Gasteiger partial charge in [0.05, 0.1) is 25.9 Å². The Morgan fingerprint density at radius 2 is 1.98 bits per heavy atom. The number of methoxy groups -OCH3 is 1. The second kappa shape index (κ2) is 15.6. The molecule has 3 saturated carbocycles. The molecule has 11 nitrogen and oxygen atoms in total. The normalized spacial score (nSPS) is 31.7. The van der Waals surface area contributed by atoms with Gasteiger partial charge in [0.25, 0.3) is 0 Å². The van der Waals surface area contributed by atoms with E-state index in [9.17, 15) is 14.7 Å². The number of hydrogen-bond acceptors (Lipinski definition) is 9. The molecule has 5 aliphatic rings. The highest BCUT2D eigenvalue weighted by Gasteiger charge is 2.57. The second-order valence-electron chi connectivity index (χ2n) is 15.9. The summed E-state index contributed by atoms with van der Waals surface area (Å²) < 4.78 is 5.98. The highest BCUT2D eigenvalue weighted by Crippen LogP contribution is 2.61. The molecule has 0 unspecified atom stereocenters. The summed E-state index contributed by atoms with van der Waals surface area (Å²) in [5.41, 5.74) is 9.52. The van der Waals surface area contributed by atoms with Crippen LogP contribution in [0.15, 0.2) is 48.7 Å². The first-order valence-corrected chi connectivity index (χ1v) is 18.2. The summed E-state index contributed by atoms with van der Waals surface area (Å²) >= 11 is 0. The summed E-state index contributed by atoms with van der Waals surface area (Å²) in [7, 11) is 7.51. The molecular formula is C39H60N6O5. The molecular weight excluding hydrogens is 632 g/mol. The third kappa shape index (κ3) is 7.82. The summed E-state index contributed by atoms with van der Waals surface area (Å²) in [6.07, 6.45) is 7.07. The number of aliphatic hydroxyl groups is 1. The van der Waals surface area contributed by atoms with Gasteiger partial charge in [0, 0.05) is 68.1 Å². The zero-order valence-corrected chi connectivity index (χ0v) is 31.3. The Hall–Kier alpha value is -3.22. The number of rotatable bonds is 13. The highest BCUT2D eigenvalue weighted by molar-refractivity contribution is 5.88. The molecule has 276 valence electrons. The van der Waals surface area contributed by atoms with Gasteiger partial charge in [-0.25, -0.2) is 0 Å². The van der Waals surface area contributed by atoms with Gasteiger partial charge >= 0.3 is 0 Å². The first-order chi connectivity index (χ1) is 23.7. The van der Waals surface area contributed by atoms with E-state index in [-0.39, 0.29) is 37.0 Å². The number of amides is 2. The van der Waals surface area contributed by atoms with Crippen molar-refractivity contribution >= 4 is 17.4 Å². The molecule has 5 fully saturated rings. The molecule has 11 heteroatoms. The van der Waals surface area contributed by atoms with Crippen molar-refractivity contribution in [3.05, 3.63) is 59.8 Å². The number of carbonyl (C=O) groups excluding carboxylic acids is 2. The van der Waals surface area contributed by atoms with E-state index in [1.54, 1.807) is 31.2 Å². The third-order valence-corrected chi connectivity index (χ3v) is 12.1. The van der Waals surface area contributed by atoms with Crippen molar-refractivity contribution in [2.24, 2.45) is 34.8 Å². The fourth-order valence-corrected chi connectivity index (χ4v) is 8.95. The van der Waals surface area contributed by atoms with Crippen molar-refractivity contribution in [1.29, 1.82) is 0 Å². The average molecular weight is 693 g/mol. The second-order valence-corrected chi connectivity index (χ2v) is 15.9. The van der Waals surface area contributed by atoms with Crippen LogP contribution in [0, 0.1) is 29.1 Å². The molecule has 1 aromatic rings. The van der Waals surface area contributed by atoms with Crippen molar-refractivity contribution in [3.63, 3.8) is 0 Å². The van der Waals surface area contributed by atoms with E-state index in [0.29, 0.717) is 34.5 Å². The lowest BCUT2D eigenvalue weighted by Crippen LogP contribution is -2.62. The number of carbonyl (C=O) groups is 2. The van der Waals surface area contributed by atoms with Gasteiger partial charge in [-0.1, -0.05) is 45.5 Å². The Morgan fingerprint density at radius 1 is 1.24 bits per heavy atom. The number of nitrogens with zero attached hydrogens (tertiary/aromatic N) is 3. The molecule has 2 amide bonds. The number of nitrogens with one attached hydrogen (secondary N) is 2. The van der Waals surface area contributed by atoms with Crippen LogP contribution in [-0.4, -0.2) is 110 Å². The van der Waals surface area contributed by atoms with E-state index < -0.39 is 24.2 Å². The van der Waals surface area contributed by atoms with Crippen LogP contribution in [0.2, 0.25) is 0 Å². The molecule has 0 spiro atoms. The van der Waals surface area contributed by atoms with Crippen LogP contribution in [0.1, 0.15) is 58.1 Å². The zero-order valence-electron chi connectivity index (χ0n) is 31.3. The lowest BCUT2D eigenvalue weighted by atomic mass is 9.45. The van der Waals surface area contributed by atoms with Crippen molar-refractivity contribution < 1.29 is 24.3 Å². The smallest absolute Gasteiger partial charge is 0.244 e. The van der Waals surface area contributed by atoms with Gasteiger partial charge in [-0.2, -0.15) is 5.06 Å². The van der Waals surface area contributed by atoms with Gasteiger partial charge in [0.2, 0.25) is 11.8 Å². The Bertz CT molecular complexity index is 1470. The van der Waals surface area contributed by atoms with Crippen molar-refractivity contribution in [1.82, 2.24) is 25.5 Å². The molecule has 1 aromatic carbocycles. The maximum atomic E-state index is 14.2. The topological polar surface area (TPSA) is 133 Å². The zero-order chi connectivity index (χ0) is 36.5. The molecule has 0 aromatic heterocycles. The molecule has 2 heterocycles. The van der Waals surface area contributed by atoms with Crippen LogP contribution in [0.4, 0.5) is 0 Å². The van der Waals surface area contributed by atoms with E-state index in [4.69, 9.17) is 15.3 Å². The molecule has 2 saturated heterocycles. The van der Waals surface area contributed by atoms with Gasteiger partial charge in [-0.3, -0.25) is 14.4 Å². The fourth-order valence-electron chi connectivity index (χ4n) is 8.95. The van der Waals surface area contributed by atoms with Crippen LogP contribution in [-0.2, 0) is 21.0 Å².